The lowest BCUT2D eigenvalue weighted by atomic mass is 10.2. The van der Waals surface area contributed by atoms with Crippen molar-refractivity contribution in [3.63, 3.8) is 0 Å². The standard InChI is InChI=1S/C13H13NOSi/c15-13(11-7-3-1-4-8-11)14-16-12-9-5-2-6-10-12/h1-10H,16H2,(H,14,15). The van der Waals surface area contributed by atoms with E-state index in [0.29, 0.717) is 0 Å². The Labute approximate surface area is 97.2 Å². The Morgan fingerprint density at radius 2 is 1.44 bits per heavy atom. The SMILES string of the molecule is O=C(N[SiH2]c1ccccc1)c1ccccc1. The Kier molecular flexibility index (Phi) is 3.51. The zero-order valence-corrected chi connectivity index (χ0v) is 10.3. The number of carbonyl (C=O) groups is 1. The van der Waals surface area contributed by atoms with Crippen molar-refractivity contribution in [3.8, 4) is 0 Å². The Balaban J connectivity index is 1.95. The van der Waals surface area contributed by atoms with E-state index in [9.17, 15) is 4.79 Å². The monoisotopic (exact) mass is 227 g/mol. The van der Waals surface area contributed by atoms with E-state index in [1.807, 2.05) is 48.5 Å². The van der Waals surface area contributed by atoms with Crippen molar-refractivity contribution in [2.75, 3.05) is 0 Å². The van der Waals surface area contributed by atoms with Gasteiger partial charge in [0.05, 0.1) is 0 Å². The molecule has 0 aliphatic heterocycles. The largest absolute Gasteiger partial charge is 0.379 e. The average molecular weight is 227 g/mol. The molecular weight excluding hydrogens is 214 g/mol. The van der Waals surface area contributed by atoms with Crippen LogP contribution in [-0.2, 0) is 0 Å². The van der Waals surface area contributed by atoms with Gasteiger partial charge >= 0.3 is 0 Å². The van der Waals surface area contributed by atoms with Gasteiger partial charge in [-0.25, -0.2) is 0 Å². The van der Waals surface area contributed by atoms with Gasteiger partial charge in [0.2, 0.25) is 5.91 Å². The molecule has 0 spiro atoms. The van der Waals surface area contributed by atoms with Crippen LogP contribution in [0.5, 0.6) is 0 Å². The maximum absolute atomic E-state index is 11.7. The average Bonchev–Trinajstić information content (AvgIpc) is 2.38. The summed E-state index contributed by atoms with van der Waals surface area (Å²) in [5.41, 5.74) is 0.728. The Hall–Kier alpha value is -1.87. The van der Waals surface area contributed by atoms with E-state index < -0.39 is 9.68 Å². The predicted molar refractivity (Wildman–Crippen MR) is 68.5 cm³/mol. The minimum Gasteiger partial charge on any atom is -0.379 e. The number of benzene rings is 2. The summed E-state index contributed by atoms with van der Waals surface area (Å²) in [5.74, 6) is 0.0242. The van der Waals surface area contributed by atoms with Crippen LogP contribution in [0.2, 0.25) is 0 Å². The second-order valence-corrected chi connectivity index (χ2v) is 5.06. The fraction of sp³-hybridized carbons (Fsp3) is 0. The molecule has 0 saturated heterocycles. The molecule has 3 heteroatoms. The first-order valence-electron chi connectivity index (χ1n) is 5.23. The van der Waals surface area contributed by atoms with Crippen LogP contribution in [0, 0.1) is 0 Å². The van der Waals surface area contributed by atoms with Gasteiger partial charge in [0.25, 0.3) is 0 Å². The number of amides is 1. The number of hydrogen-bond donors (Lipinski definition) is 1. The molecule has 2 nitrogen and oxygen atoms in total. The second kappa shape index (κ2) is 5.28. The molecule has 80 valence electrons. The van der Waals surface area contributed by atoms with Crippen molar-refractivity contribution in [2.24, 2.45) is 0 Å². The molecule has 0 aliphatic carbocycles. The number of hydrogen-bond acceptors (Lipinski definition) is 1. The van der Waals surface area contributed by atoms with Crippen LogP contribution >= 0.6 is 0 Å². The van der Waals surface area contributed by atoms with E-state index in [-0.39, 0.29) is 5.91 Å². The van der Waals surface area contributed by atoms with Gasteiger partial charge in [-0.2, -0.15) is 0 Å². The van der Waals surface area contributed by atoms with Gasteiger partial charge < -0.3 is 4.98 Å². The molecule has 0 bridgehead atoms. The molecule has 0 fully saturated rings. The summed E-state index contributed by atoms with van der Waals surface area (Å²) >= 11 is 0. The minimum absolute atomic E-state index is 0.0242. The summed E-state index contributed by atoms with van der Waals surface area (Å²) < 4.78 is 0. The van der Waals surface area contributed by atoms with Crippen LogP contribution in [0.1, 0.15) is 10.4 Å². The summed E-state index contributed by atoms with van der Waals surface area (Å²) in [6.07, 6.45) is 0. The first-order chi connectivity index (χ1) is 7.86. The normalized spacial score (nSPS) is 10.5. The van der Waals surface area contributed by atoms with Gasteiger partial charge in [-0.05, 0) is 17.3 Å². The molecule has 0 saturated carbocycles. The summed E-state index contributed by atoms with van der Waals surface area (Å²) in [7, 11) is -0.702. The third kappa shape index (κ3) is 2.81. The van der Waals surface area contributed by atoms with Crippen LogP contribution in [0.25, 0.3) is 0 Å². The van der Waals surface area contributed by atoms with Gasteiger partial charge in [-0.3, -0.25) is 4.79 Å². The Bertz CT molecular complexity index is 456. The lowest BCUT2D eigenvalue weighted by Gasteiger charge is -2.04. The first-order valence-corrected chi connectivity index (χ1v) is 6.65. The molecule has 0 aliphatic rings. The number of nitrogens with one attached hydrogen (secondary N) is 1. The topological polar surface area (TPSA) is 29.1 Å². The first kappa shape index (κ1) is 10.6. The predicted octanol–water partition coefficient (Wildman–Crippen LogP) is 0.826. The molecule has 2 aromatic carbocycles. The van der Waals surface area contributed by atoms with E-state index in [1.165, 1.54) is 5.19 Å². The summed E-state index contributed by atoms with van der Waals surface area (Å²) in [4.78, 5) is 14.8. The van der Waals surface area contributed by atoms with Gasteiger partial charge in [0.15, 0.2) is 9.68 Å². The fourth-order valence-corrected chi connectivity index (χ4v) is 2.55. The van der Waals surface area contributed by atoms with Crippen molar-refractivity contribution in [3.05, 3.63) is 66.2 Å². The molecule has 16 heavy (non-hydrogen) atoms. The maximum atomic E-state index is 11.7. The van der Waals surface area contributed by atoms with Gasteiger partial charge in [0, 0.05) is 5.56 Å². The fourth-order valence-electron chi connectivity index (χ4n) is 1.47. The van der Waals surface area contributed by atoms with Gasteiger partial charge in [0.1, 0.15) is 0 Å². The van der Waals surface area contributed by atoms with Crippen LogP contribution in [0.15, 0.2) is 60.7 Å². The lowest BCUT2D eigenvalue weighted by Crippen LogP contribution is -2.35. The van der Waals surface area contributed by atoms with Crippen molar-refractivity contribution in [1.82, 2.24) is 4.98 Å². The molecule has 0 heterocycles. The zero-order valence-electron chi connectivity index (χ0n) is 8.89. The smallest absolute Gasteiger partial charge is 0.243 e. The molecule has 0 atom stereocenters. The summed E-state index contributed by atoms with van der Waals surface area (Å²) in [5, 5.41) is 1.24. The molecule has 0 radical (unpaired) electrons. The zero-order chi connectivity index (χ0) is 11.2. The molecule has 0 aromatic heterocycles. The molecular formula is C13H13NOSi. The summed E-state index contributed by atoms with van der Waals surface area (Å²) in [6.45, 7) is 0. The van der Waals surface area contributed by atoms with E-state index in [1.54, 1.807) is 0 Å². The van der Waals surface area contributed by atoms with E-state index in [0.717, 1.165) is 5.56 Å². The second-order valence-electron chi connectivity index (χ2n) is 3.53. The number of carbonyl (C=O) groups excluding carboxylic acids is 1. The van der Waals surface area contributed by atoms with Crippen molar-refractivity contribution in [2.45, 2.75) is 0 Å². The molecule has 2 rings (SSSR count). The molecule has 1 N–H and O–H groups in total. The van der Waals surface area contributed by atoms with E-state index >= 15 is 0 Å². The quantitative estimate of drug-likeness (QED) is 0.773. The number of rotatable bonds is 3. The molecule has 0 unspecified atom stereocenters. The van der Waals surface area contributed by atoms with Gasteiger partial charge in [-0.15, -0.1) is 0 Å². The van der Waals surface area contributed by atoms with Crippen molar-refractivity contribution in [1.29, 1.82) is 0 Å². The third-order valence-corrected chi connectivity index (χ3v) is 3.71. The van der Waals surface area contributed by atoms with Crippen molar-refractivity contribution < 1.29 is 4.79 Å². The van der Waals surface area contributed by atoms with Gasteiger partial charge in [-0.1, -0.05) is 48.5 Å². The third-order valence-electron chi connectivity index (χ3n) is 2.33. The van der Waals surface area contributed by atoms with Crippen LogP contribution in [0.4, 0.5) is 0 Å². The Morgan fingerprint density at radius 3 is 2.06 bits per heavy atom. The molecule has 2 aromatic rings. The van der Waals surface area contributed by atoms with E-state index in [2.05, 4.69) is 17.1 Å². The summed E-state index contributed by atoms with van der Waals surface area (Å²) in [6, 6.07) is 19.4. The van der Waals surface area contributed by atoms with Crippen LogP contribution in [-0.4, -0.2) is 15.6 Å². The highest BCUT2D eigenvalue weighted by Crippen LogP contribution is 1.96. The Morgan fingerprint density at radius 1 is 0.875 bits per heavy atom. The highest BCUT2D eigenvalue weighted by atomic mass is 28.2. The van der Waals surface area contributed by atoms with Crippen LogP contribution in [0.3, 0.4) is 0 Å². The minimum atomic E-state index is -0.702. The lowest BCUT2D eigenvalue weighted by molar-refractivity contribution is 0.0981. The molecule has 1 amide bonds. The maximum Gasteiger partial charge on any atom is 0.243 e. The van der Waals surface area contributed by atoms with E-state index in [4.69, 9.17) is 0 Å². The van der Waals surface area contributed by atoms with Crippen molar-refractivity contribution >= 4 is 20.8 Å². The highest BCUT2D eigenvalue weighted by Gasteiger charge is 2.03. The van der Waals surface area contributed by atoms with Crippen LogP contribution < -0.4 is 10.2 Å². The highest BCUT2D eigenvalue weighted by molar-refractivity contribution is 6.54.